The van der Waals surface area contributed by atoms with Gasteiger partial charge in [0.2, 0.25) is 0 Å². The second kappa shape index (κ2) is 6.52. The van der Waals surface area contributed by atoms with E-state index in [4.69, 9.17) is 5.11 Å². The average Bonchev–Trinajstić information content (AvgIpc) is 2.45. The van der Waals surface area contributed by atoms with Crippen LogP contribution in [0.1, 0.15) is 49.2 Å². The van der Waals surface area contributed by atoms with Crippen molar-refractivity contribution >= 4 is 18.0 Å². The van der Waals surface area contributed by atoms with Crippen molar-refractivity contribution in [2.45, 2.75) is 45.2 Å². The number of carbonyl (C=O) groups is 2. The fourth-order valence-corrected chi connectivity index (χ4v) is 2.84. The van der Waals surface area contributed by atoms with Crippen molar-refractivity contribution < 1.29 is 14.7 Å². The molecule has 0 unspecified atom stereocenters. The van der Waals surface area contributed by atoms with E-state index in [9.17, 15) is 9.59 Å². The number of carboxylic acid groups (broad SMARTS) is 1. The molecule has 0 saturated carbocycles. The zero-order valence-corrected chi connectivity index (χ0v) is 12.3. The molecule has 1 aromatic rings. The van der Waals surface area contributed by atoms with Crippen molar-refractivity contribution in [2.75, 3.05) is 0 Å². The number of hydrogen-bond donors (Lipinski definition) is 1. The number of amides is 1. The average molecular weight is 288 g/mol. The van der Waals surface area contributed by atoms with Crippen LogP contribution in [-0.2, 0) is 4.79 Å². The van der Waals surface area contributed by atoms with Gasteiger partial charge in [-0.2, -0.15) is 0 Å². The Labute approximate surface area is 124 Å². The number of likely N-dealkylation sites (tertiary alicyclic amines) is 1. The van der Waals surface area contributed by atoms with Gasteiger partial charge >= 0.3 is 5.97 Å². The molecule has 21 heavy (non-hydrogen) atoms. The van der Waals surface area contributed by atoms with Gasteiger partial charge in [-0.25, -0.2) is 4.79 Å². The van der Waals surface area contributed by atoms with Crippen molar-refractivity contribution in [1.29, 1.82) is 0 Å². The first-order chi connectivity index (χ1) is 10.0. The predicted octanol–water partition coefficient (Wildman–Crippen LogP) is 2.58. The van der Waals surface area contributed by atoms with E-state index < -0.39 is 5.97 Å². The van der Waals surface area contributed by atoms with Crippen LogP contribution in [0.4, 0.5) is 0 Å². The number of hydrogen-bond acceptors (Lipinski definition) is 3. The third-order valence-corrected chi connectivity index (χ3v) is 3.88. The summed E-state index contributed by atoms with van der Waals surface area (Å²) in [4.78, 5) is 29.5. The van der Waals surface area contributed by atoms with E-state index in [-0.39, 0.29) is 18.0 Å². The van der Waals surface area contributed by atoms with Crippen LogP contribution in [0.5, 0.6) is 0 Å². The lowest BCUT2D eigenvalue weighted by Gasteiger charge is -2.39. The molecule has 1 amide bonds. The Balaban J connectivity index is 2.32. The Kier molecular flexibility index (Phi) is 4.73. The van der Waals surface area contributed by atoms with E-state index in [1.807, 2.05) is 18.7 Å². The summed E-state index contributed by atoms with van der Waals surface area (Å²) in [6, 6.07) is 3.76. The van der Waals surface area contributed by atoms with Crippen molar-refractivity contribution in [2.24, 2.45) is 0 Å². The SMILES string of the molecule is C[C@@H]1CCC[C@H](C)N1C(=O)c1ncccc1/C=C/C(=O)O. The highest BCUT2D eigenvalue weighted by molar-refractivity contribution is 5.97. The number of aromatic nitrogens is 1. The molecular formula is C16H20N2O3. The van der Waals surface area contributed by atoms with Crippen LogP contribution in [0.3, 0.4) is 0 Å². The molecule has 0 aliphatic carbocycles. The van der Waals surface area contributed by atoms with Gasteiger partial charge in [-0.05, 0) is 45.3 Å². The molecular weight excluding hydrogens is 268 g/mol. The normalized spacial score (nSPS) is 22.5. The number of carbonyl (C=O) groups excluding carboxylic acids is 1. The first-order valence-electron chi connectivity index (χ1n) is 7.19. The van der Waals surface area contributed by atoms with Gasteiger partial charge in [0.25, 0.3) is 5.91 Å². The van der Waals surface area contributed by atoms with Gasteiger partial charge in [0.15, 0.2) is 0 Å². The largest absolute Gasteiger partial charge is 0.478 e. The molecule has 1 fully saturated rings. The number of rotatable bonds is 3. The standard InChI is InChI=1S/C16H20N2O3/c1-11-5-3-6-12(2)18(11)16(21)15-13(7-4-10-17-15)8-9-14(19)20/h4,7-12H,3,5-6H2,1-2H3,(H,19,20)/b9-8+/t11-,12+. The highest BCUT2D eigenvalue weighted by atomic mass is 16.4. The van der Waals surface area contributed by atoms with Gasteiger partial charge in [-0.1, -0.05) is 6.07 Å². The molecule has 5 heteroatoms. The minimum Gasteiger partial charge on any atom is -0.478 e. The Bertz CT molecular complexity index is 558. The highest BCUT2D eigenvalue weighted by Gasteiger charge is 2.31. The second-order valence-electron chi connectivity index (χ2n) is 5.45. The molecule has 1 N–H and O–H groups in total. The summed E-state index contributed by atoms with van der Waals surface area (Å²) < 4.78 is 0. The maximum Gasteiger partial charge on any atom is 0.328 e. The van der Waals surface area contributed by atoms with Gasteiger partial charge in [-0.3, -0.25) is 9.78 Å². The summed E-state index contributed by atoms with van der Waals surface area (Å²) in [7, 11) is 0. The molecule has 2 rings (SSSR count). The molecule has 1 aliphatic rings. The van der Waals surface area contributed by atoms with E-state index >= 15 is 0 Å². The summed E-state index contributed by atoms with van der Waals surface area (Å²) >= 11 is 0. The number of carboxylic acids is 1. The quantitative estimate of drug-likeness (QED) is 0.868. The summed E-state index contributed by atoms with van der Waals surface area (Å²) in [6.45, 7) is 4.09. The van der Waals surface area contributed by atoms with E-state index in [2.05, 4.69) is 4.98 Å². The van der Waals surface area contributed by atoms with Crippen molar-refractivity contribution in [3.63, 3.8) is 0 Å². The monoisotopic (exact) mass is 288 g/mol. The van der Waals surface area contributed by atoms with Crippen LogP contribution in [-0.4, -0.2) is 39.0 Å². The molecule has 112 valence electrons. The van der Waals surface area contributed by atoms with Gasteiger partial charge < -0.3 is 10.0 Å². The van der Waals surface area contributed by atoms with Crippen LogP contribution in [0, 0.1) is 0 Å². The summed E-state index contributed by atoms with van der Waals surface area (Å²) in [5, 5.41) is 8.73. The first-order valence-corrected chi connectivity index (χ1v) is 7.19. The fraction of sp³-hybridized carbons (Fsp3) is 0.438. The highest BCUT2D eigenvalue weighted by Crippen LogP contribution is 2.25. The molecule has 1 aromatic heterocycles. The lowest BCUT2D eigenvalue weighted by atomic mass is 9.96. The van der Waals surface area contributed by atoms with Gasteiger partial charge in [-0.15, -0.1) is 0 Å². The summed E-state index contributed by atoms with van der Waals surface area (Å²) in [5.41, 5.74) is 0.852. The lowest BCUT2D eigenvalue weighted by molar-refractivity contribution is -0.131. The fourth-order valence-electron chi connectivity index (χ4n) is 2.84. The van der Waals surface area contributed by atoms with Crippen LogP contribution in [0.15, 0.2) is 24.4 Å². The second-order valence-corrected chi connectivity index (χ2v) is 5.45. The molecule has 5 nitrogen and oxygen atoms in total. The van der Waals surface area contributed by atoms with Crippen LogP contribution < -0.4 is 0 Å². The van der Waals surface area contributed by atoms with Gasteiger partial charge in [0.05, 0.1) is 0 Å². The Morgan fingerprint density at radius 1 is 1.33 bits per heavy atom. The number of aliphatic carboxylic acids is 1. The predicted molar refractivity (Wildman–Crippen MR) is 79.9 cm³/mol. The van der Waals surface area contributed by atoms with E-state index in [0.717, 1.165) is 25.3 Å². The molecule has 0 aromatic carbocycles. The van der Waals surface area contributed by atoms with Crippen molar-refractivity contribution in [3.8, 4) is 0 Å². The molecule has 1 saturated heterocycles. The third-order valence-electron chi connectivity index (χ3n) is 3.88. The summed E-state index contributed by atoms with van der Waals surface area (Å²) in [6.07, 6.45) is 7.11. The minimum absolute atomic E-state index is 0.125. The van der Waals surface area contributed by atoms with Crippen LogP contribution in [0.2, 0.25) is 0 Å². The molecule has 0 radical (unpaired) electrons. The Morgan fingerprint density at radius 3 is 2.62 bits per heavy atom. The molecule has 2 atom stereocenters. The Morgan fingerprint density at radius 2 is 2.00 bits per heavy atom. The number of nitrogens with zero attached hydrogens (tertiary/aromatic N) is 2. The molecule has 0 spiro atoms. The molecule has 0 bridgehead atoms. The zero-order valence-electron chi connectivity index (χ0n) is 12.3. The van der Waals surface area contributed by atoms with E-state index in [1.54, 1.807) is 18.3 Å². The number of pyridine rings is 1. The van der Waals surface area contributed by atoms with Crippen molar-refractivity contribution in [3.05, 3.63) is 35.7 Å². The molecule has 1 aliphatic heterocycles. The van der Waals surface area contributed by atoms with Crippen LogP contribution >= 0.6 is 0 Å². The topological polar surface area (TPSA) is 70.5 Å². The van der Waals surface area contributed by atoms with Gasteiger partial charge in [0, 0.05) is 29.9 Å². The zero-order chi connectivity index (χ0) is 15.4. The molecule has 2 heterocycles. The lowest BCUT2D eigenvalue weighted by Crippen LogP contribution is -2.47. The van der Waals surface area contributed by atoms with Gasteiger partial charge in [0.1, 0.15) is 5.69 Å². The maximum atomic E-state index is 12.8. The van der Waals surface area contributed by atoms with E-state index in [0.29, 0.717) is 11.3 Å². The minimum atomic E-state index is -1.04. The Hall–Kier alpha value is -2.17. The third kappa shape index (κ3) is 3.48. The number of piperidine rings is 1. The van der Waals surface area contributed by atoms with E-state index in [1.165, 1.54) is 6.08 Å². The maximum absolute atomic E-state index is 12.8. The summed E-state index contributed by atoms with van der Waals surface area (Å²) in [5.74, 6) is -1.17. The van der Waals surface area contributed by atoms with Crippen LogP contribution in [0.25, 0.3) is 6.08 Å². The smallest absolute Gasteiger partial charge is 0.328 e. The first kappa shape index (κ1) is 15.2. The van der Waals surface area contributed by atoms with Crippen molar-refractivity contribution in [1.82, 2.24) is 9.88 Å².